The first-order chi connectivity index (χ1) is 9.65. The van der Waals surface area contributed by atoms with Gasteiger partial charge in [0.25, 0.3) is 0 Å². The fourth-order valence-corrected chi connectivity index (χ4v) is 2.35. The molecular weight excluding hydrogens is 250 g/mol. The van der Waals surface area contributed by atoms with Gasteiger partial charge in [-0.3, -0.25) is 4.79 Å². The molecular formula is C16H15N3O. The average Bonchev–Trinajstić information content (AvgIpc) is 2.84. The smallest absolute Gasteiger partial charge is 0.248 e. The van der Waals surface area contributed by atoms with E-state index in [4.69, 9.17) is 11.5 Å². The molecule has 3 aromatic rings. The third-order valence-corrected chi connectivity index (χ3v) is 3.45. The summed E-state index contributed by atoms with van der Waals surface area (Å²) < 4.78 is 2.13. The van der Waals surface area contributed by atoms with Crippen molar-refractivity contribution in [2.24, 2.45) is 5.73 Å². The molecule has 0 fully saturated rings. The predicted octanol–water partition coefficient (Wildman–Crippen LogP) is 2.37. The first-order valence-corrected chi connectivity index (χ1v) is 6.37. The molecule has 3 rings (SSSR count). The highest BCUT2D eigenvalue weighted by molar-refractivity contribution is 5.93. The quantitative estimate of drug-likeness (QED) is 0.713. The van der Waals surface area contributed by atoms with Gasteiger partial charge in [0, 0.05) is 29.5 Å². The molecule has 1 aromatic heterocycles. The minimum Gasteiger partial charge on any atom is -0.398 e. The molecule has 0 saturated heterocycles. The van der Waals surface area contributed by atoms with Gasteiger partial charge in [0.1, 0.15) is 0 Å². The van der Waals surface area contributed by atoms with E-state index in [9.17, 15) is 4.79 Å². The Morgan fingerprint density at radius 2 is 1.90 bits per heavy atom. The Hall–Kier alpha value is -2.75. The summed E-state index contributed by atoms with van der Waals surface area (Å²) >= 11 is 0. The number of primary amides is 1. The molecule has 20 heavy (non-hydrogen) atoms. The number of amides is 1. The molecule has 4 nitrogen and oxygen atoms in total. The zero-order chi connectivity index (χ0) is 14.1. The summed E-state index contributed by atoms with van der Waals surface area (Å²) in [4.78, 5) is 11.1. The first kappa shape index (κ1) is 12.3. The highest BCUT2D eigenvalue weighted by Gasteiger charge is 2.07. The number of benzene rings is 2. The van der Waals surface area contributed by atoms with Crippen molar-refractivity contribution in [2.75, 3.05) is 5.73 Å². The molecule has 0 unspecified atom stereocenters. The zero-order valence-corrected chi connectivity index (χ0v) is 10.9. The van der Waals surface area contributed by atoms with Crippen LogP contribution in [-0.2, 0) is 6.54 Å². The maximum atomic E-state index is 11.1. The summed E-state index contributed by atoms with van der Waals surface area (Å²) in [6.07, 6.45) is 2.03. The number of rotatable bonds is 3. The number of nitrogens with two attached hydrogens (primary N) is 2. The number of hydrogen-bond donors (Lipinski definition) is 2. The number of nitrogen functional groups attached to an aromatic ring is 1. The number of aromatic nitrogens is 1. The number of para-hydroxylation sites is 1. The lowest BCUT2D eigenvalue weighted by molar-refractivity contribution is 0.100. The van der Waals surface area contributed by atoms with Crippen LogP contribution in [0.1, 0.15) is 15.9 Å². The Morgan fingerprint density at radius 3 is 2.65 bits per heavy atom. The summed E-state index contributed by atoms with van der Waals surface area (Å²) in [5.41, 5.74) is 14.4. The Morgan fingerprint density at radius 1 is 1.10 bits per heavy atom. The number of fused-ring (bicyclic) bond motifs is 1. The molecule has 1 amide bonds. The second-order valence-electron chi connectivity index (χ2n) is 4.78. The number of carbonyl (C=O) groups is 1. The molecule has 0 aliphatic rings. The number of hydrogen-bond acceptors (Lipinski definition) is 2. The second-order valence-corrected chi connectivity index (χ2v) is 4.78. The third kappa shape index (κ3) is 2.12. The maximum Gasteiger partial charge on any atom is 0.248 e. The highest BCUT2D eigenvalue weighted by Crippen LogP contribution is 2.20. The van der Waals surface area contributed by atoms with Crippen molar-refractivity contribution in [3.8, 4) is 0 Å². The normalized spacial score (nSPS) is 10.8. The van der Waals surface area contributed by atoms with Gasteiger partial charge in [0.05, 0.1) is 0 Å². The van der Waals surface area contributed by atoms with E-state index in [1.165, 1.54) is 5.39 Å². The van der Waals surface area contributed by atoms with E-state index in [1.54, 1.807) is 12.1 Å². The number of anilines is 1. The standard InChI is InChI=1S/C16H15N3O/c17-14-9-12(16(18)20)5-6-13(14)10-19-8-7-11-3-1-2-4-15(11)19/h1-9H,10,17H2,(H2,18,20). The van der Waals surface area contributed by atoms with E-state index in [1.807, 2.05) is 24.4 Å². The first-order valence-electron chi connectivity index (χ1n) is 6.37. The van der Waals surface area contributed by atoms with Gasteiger partial charge >= 0.3 is 0 Å². The zero-order valence-electron chi connectivity index (χ0n) is 10.9. The van der Waals surface area contributed by atoms with Crippen molar-refractivity contribution in [3.05, 3.63) is 65.9 Å². The molecule has 0 atom stereocenters. The van der Waals surface area contributed by atoms with Gasteiger partial charge < -0.3 is 16.0 Å². The van der Waals surface area contributed by atoms with Crippen molar-refractivity contribution in [1.29, 1.82) is 0 Å². The molecule has 2 aromatic carbocycles. The molecule has 0 aliphatic carbocycles. The predicted molar refractivity (Wildman–Crippen MR) is 80.4 cm³/mol. The lowest BCUT2D eigenvalue weighted by Gasteiger charge is -2.09. The maximum absolute atomic E-state index is 11.1. The van der Waals surface area contributed by atoms with Crippen LogP contribution in [0, 0.1) is 0 Å². The molecule has 100 valence electrons. The largest absolute Gasteiger partial charge is 0.398 e. The van der Waals surface area contributed by atoms with E-state index in [0.717, 1.165) is 11.1 Å². The van der Waals surface area contributed by atoms with Gasteiger partial charge in [-0.05, 0) is 35.2 Å². The van der Waals surface area contributed by atoms with Crippen LogP contribution in [0.25, 0.3) is 10.9 Å². The van der Waals surface area contributed by atoms with E-state index in [0.29, 0.717) is 17.8 Å². The Kier molecular flexibility index (Phi) is 2.91. The molecule has 0 aliphatic heterocycles. The molecule has 0 radical (unpaired) electrons. The van der Waals surface area contributed by atoms with Crippen molar-refractivity contribution in [2.45, 2.75) is 6.54 Å². The van der Waals surface area contributed by atoms with Crippen LogP contribution in [-0.4, -0.2) is 10.5 Å². The molecule has 4 heteroatoms. The summed E-state index contributed by atoms with van der Waals surface area (Å²) in [5.74, 6) is -0.463. The van der Waals surface area contributed by atoms with Gasteiger partial charge in [-0.15, -0.1) is 0 Å². The summed E-state index contributed by atoms with van der Waals surface area (Å²) in [7, 11) is 0. The van der Waals surface area contributed by atoms with Crippen LogP contribution in [0.3, 0.4) is 0 Å². The second kappa shape index (κ2) is 4.74. The minimum atomic E-state index is -0.463. The Bertz CT molecular complexity index is 789. The number of nitrogens with zero attached hydrogens (tertiary/aromatic N) is 1. The Labute approximate surface area is 116 Å². The topological polar surface area (TPSA) is 74.0 Å². The van der Waals surface area contributed by atoms with E-state index in [-0.39, 0.29) is 0 Å². The Balaban J connectivity index is 1.97. The minimum absolute atomic E-state index is 0.434. The highest BCUT2D eigenvalue weighted by atomic mass is 16.1. The molecule has 4 N–H and O–H groups in total. The third-order valence-electron chi connectivity index (χ3n) is 3.45. The van der Waals surface area contributed by atoms with Crippen LogP contribution < -0.4 is 11.5 Å². The van der Waals surface area contributed by atoms with Crippen molar-refractivity contribution >= 4 is 22.5 Å². The molecule has 1 heterocycles. The van der Waals surface area contributed by atoms with Crippen molar-refractivity contribution in [1.82, 2.24) is 4.57 Å². The molecule has 0 bridgehead atoms. The van der Waals surface area contributed by atoms with Gasteiger partial charge in [0.15, 0.2) is 0 Å². The summed E-state index contributed by atoms with van der Waals surface area (Å²) in [5, 5.41) is 1.19. The summed E-state index contributed by atoms with van der Waals surface area (Å²) in [6.45, 7) is 0.665. The van der Waals surface area contributed by atoms with Crippen molar-refractivity contribution in [3.63, 3.8) is 0 Å². The number of carbonyl (C=O) groups excluding carboxylic acids is 1. The van der Waals surface area contributed by atoms with Gasteiger partial charge in [-0.2, -0.15) is 0 Å². The van der Waals surface area contributed by atoms with Gasteiger partial charge in [-0.25, -0.2) is 0 Å². The van der Waals surface area contributed by atoms with Gasteiger partial charge in [0.2, 0.25) is 5.91 Å². The van der Waals surface area contributed by atoms with Crippen LogP contribution in [0.5, 0.6) is 0 Å². The monoisotopic (exact) mass is 265 g/mol. The van der Waals surface area contributed by atoms with Crippen LogP contribution >= 0.6 is 0 Å². The fraction of sp³-hybridized carbons (Fsp3) is 0.0625. The molecule has 0 saturated carbocycles. The van der Waals surface area contributed by atoms with Crippen LogP contribution in [0.4, 0.5) is 5.69 Å². The average molecular weight is 265 g/mol. The van der Waals surface area contributed by atoms with E-state index in [2.05, 4.69) is 22.8 Å². The van der Waals surface area contributed by atoms with Crippen molar-refractivity contribution < 1.29 is 4.79 Å². The van der Waals surface area contributed by atoms with E-state index >= 15 is 0 Å². The van der Waals surface area contributed by atoms with Crippen LogP contribution in [0.15, 0.2) is 54.7 Å². The lowest BCUT2D eigenvalue weighted by atomic mass is 10.1. The van der Waals surface area contributed by atoms with Crippen LogP contribution in [0.2, 0.25) is 0 Å². The molecule has 0 spiro atoms. The SMILES string of the molecule is NC(=O)c1ccc(Cn2ccc3ccccc32)c(N)c1. The van der Waals surface area contributed by atoms with E-state index < -0.39 is 5.91 Å². The lowest BCUT2D eigenvalue weighted by Crippen LogP contribution is -2.12. The summed E-state index contributed by atoms with van der Waals surface area (Å²) in [6, 6.07) is 15.4. The van der Waals surface area contributed by atoms with Gasteiger partial charge in [-0.1, -0.05) is 24.3 Å². The fourth-order valence-electron chi connectivity index (χ4n) is 2.35.